The van der Waals surface area contributed by atoms with Gasteiger partial charge in [-0.25, -0.2) is 0 Å². The number of nitrogens with zero attached hydrogens (tertiary/aromatic N) is 2. The van der Waals surface area contributed by atoms with Crippen LogP contribution in [0.1, 0.15) is 32.1 Å². The maximum atomic E-state index is 10.6. The Labute approximate surface area is 105 Å². The van der Waals surface area contributed by atoms with Crippen molar-refractivity contribution >= 4 is 0 Å². The number of fused-ring (bicyclic) bond motifs is 1. The lowest BCUT2D eigenvalue weighted by atomic mass is 9.84. The molecule has 3 fully saturated rings. The minimum absolute atomic E-state index is 0.358. The molecule has 3 nitrogen and oxygen atoms in total. The van der Waals surface area contributed by atoms with Crippen LogP contribution in [0, 0.1) is 11.8 Å². The van der Waals surface area contributed by atoms with Crippen LogP contribution in [-0.4, -0.2) is 60.3 Å². The van der Waals surface area contributed by atoms with Crippen LogP contribution in [0.5, 0.6) is 0 Å². The van der Waals surface area contributed by atoms with Crippen molar-refractivity contribution in [3.63, 3.8) is 0 Å². The number of rotatable bonds is 2. The maximum absolute atomic E-state index is 10.6. The van der Waals surface area contributed by atoms with E-state index in [9.17, 15) is 5.11 Å². The lowest BCUT2D eigenvalue weighted by Gasteiger charge is -2.36. The number of aliphatic hydroxyl groups is 1. The Balaban J connectivity index is 1.54. The first-order chi connectivity index (χ1) is 8.15. The first kappa shape index (κ1) is 11.9. The summed E-state index contributed by atoms with van der Waals surface area (Å²) in [6.07, 6.45) is 5.82. The van der Waals surface area contributed by atoms with Crippen LogP contribution in [0.15, 0.2) is 0 Å². The molecular weight excluding hydrogens is 212 g/mol. The summed E-state index contributed by atoms with van der Waals surface area (Å²) in [5.74, 6) is 1.74. The number of likely N-dealkylation sites (tertiary alicyclic amines) is 2. The Morgan fingerprint density at radius 1 is 1.00 bits per heavy atom. The van der Waals surface area contributed by atoms with E-state index >= 15 is 0 Å². The molecule has 1 saturated carbocycles. The molecule has 3 heteroatoms. The quantitative estimate of drug-likeness (QED) is 0.782. The summed E-state index contributed by atoms with van der Waals surface area (Å²) in [6, 6.07) is 0. The fraction of sp³-hybridized carbons (Fsp3) is 1.00. The molecule has 2 saturated heterocycles. The van der Waals surface area contributed by atoms with Gasteiger partial charge in [-0.3, -0.25) is 4.90 Å². The van der Waals surface area contributed by atoms with Gasteiger partial charge in [-0.05, 0) is 31.7 Å². The standard InChI is InChI=1S/C14H26N2O/c1-15-7-12-9-16(10-13(12)8-15)11-14(17)5-3-2-4-6-14/h12-13,17H,2-11H2,1H3/t12-,13+. The molecule has 0 aromatic heterocycles. The predicted octanol–water partition coefficient (Wildman–Crippen LogP) is 1.17. The Kier molecular flexibility index (Phi) is 3.18. The van der Waals surface area contributed by atoms with Gasteiger partial charge in [-0.2, -0.15) is 0 Å². The zero-order valence-corrected chi connectivity index (χ0v) is 11.1. The molecule has 0 aromatic carbocycles. The molecule has 2 heterocycles. The summed E-state index contributed by atoms with van der Waals surface area (Å²) in [5.41, 5.74) is -0.358. The molecule has 0 aromatic rings. The van der Waals surface area contributed by atoms with E-state index in [4.69, 9.17) is 0 Å². The molecule has 17 heavy (non-hydrogen) atoms. The molecule has 3 rings (SSSR count). The number of hydrogen-bond acceptors (Lipinski definition) is 3. The van der Waals surface area contributed by atoms with Gasteiger partial charge in [0.05, 0.1) is 5.60 Å². The van der Waals surface area contributed by atoms with E-state index in [1.54, 1.807) is 0 Å². The fourth-order valence-corrected chi connectivity index (χ4v) is 4.24. The molecule has 1 N–H and O–H groups in total. The largest absolute Gasteiger partial charge is 0.389 e. The van der Waals surface area contributed by atoms with E-state index < -0.39 is 0 Å². The molecule has 3 aliphatic rings. The van der Waals surface area contributed by atoms with Crippen molar-refractivity contribution in [1.29, 1.82) is 0 Å². The third-order valence-corrected chi connectivity index (χ3v) is 5.05. The average Bonchev–Trinajstić information content (AvgIpc) is 2.74. The molecule has 1 aliphatic carbocycles. The molecule has 98 valence electrons. The Morgan fingerprint density at radius 3 is 2.18 bits per heavy atom. The average molecular weight is 238 g/mol. The van der Waals surface area contributed by atoms with E-state index in [-0.39, 0.29) is 5.60 Å². The maximum Gasteiger partial charge on any atom is 0.0774 e. The fourth-order valence-electron chi connectivity index (χ4n) is 4.24. The molecule has 0 spiro atoms. The van der Waals surface area contributed by atoms with Crippen LogP contribution in [0.25, 0.3) is 0 Å². The highest BCUT2D eigenvalue weighted by Gasteiger charge is 2.41. The van der Waals surface area contributed by atoms with E-state index in [0.717, 1.165) is 31.2 Å². The second kappa shape index (κ2) is 4.52. The van der Waals surface area contributed by atoms with Gasteiger partial charge in [0.15, 0.2) is 0 Å². The third-order valence-electron chi connectivity index (χ3n) is 5.05. The highest BCUT2D eigenvalue weighted by Crippen LogP contribution is 2.34. The Morgan fingerprint density at radius 2 is 1.59 bits per heavy atom. The normalized spacial score (nSPS) is 38.5. The lowest BCUT2D eigenvalue weighted by Crippen LogP contribution is -2.44. The summed E-state index contributed by atoms with van der Waals surface area (Å²) in [5, 5.41) is 10.6. The molecule has 0 bridgehead atoms. The van der Waals surface area contributed by atoms with Crippen molar-refractivity contribution in [2.24, 2.45) is 11.8 Å². The van der Waals surface area contributed by atoms with Crippen molar-refractivity contribution in [2.45, 2.75) is 37.7 Å². The lowest BCUT2D eigenvalue weighted by molar-refractivity contribution is -0.0232. The summed E-state index contributed by atoms with van der Waals surface area (Å²) in [6.45, 7) is 5.90. The molecule has 0 amide bonds. The van der Waals surface area contributed by atoms with E-state index in [2.05, 4.69) is 16.8 Å². The second-order valence-electron chi connectivity index (χ2n) is 6.72. The molecule has 2 atom stereocenters. The predicted molar refractivity (Wildman–Crippen MR) is 69.0 cm³/mol. The zero-order chi connectivity index (χ0) is 11.9. The third kappa shape index (κ3) is 2.51. The second-order valence-corrected chi connectivity index (χ2v) is 6.72. The minimum Gasteiger partial charge on any atom is -0.389 e. The van der Waals surface area contributed by atoms with Gasteiger partial charge in [-0.1, -0.05) is 19.3 Å². The van der Waals surface area contributed by atoms with Gasteiger partial charge in [0, 0.05) is 32.7 Å². The van der Waals surface area contributed by atoms with Crippen LogP contribution >= 0.6 is 0 Å². The van der Waals surface area contributed by atoms with Crippen molar-refractivity contribution in [3.05, 3.63) is 0 Å². The summed E-state index contributed by atoms with van der Waals surface area (Å²) in [4.78, 5) is 5.00. The van der Waals surface area contributed by atoms with E-state index in [1.165, 1.54) is 45.4 Å². The van der Waals surface area contributed by atoms with Crippen LogP contribution in [-0.2, 0) is 0 Å². The first-order valence-electron chi connectivity index (χ1n) is 7.28. The summed E-state index contributed by atoms with van der Waals surface area (Å²) in [7, 11) is 2.23. The summed E-state index contributed by atoms with van der Waals surface area (Å²) < 4.78 is 0. The van der Waals surface area contributed by atoms with Gasteiger partial charge in [0.2, 0.25) is 0 Å². The minimum atomic E-state index is -0.358. The monoisotopic (exact) mass is 238 g/mol. The van der Waals surface area contributed by atoms with E-state index in [0.29, 0.717) is 0 Å². The molecular formula is C14H26N2O. The smallest absolute Gasteiger partial charge is 0.0774 e. The van der Waals surface area contributed by atoms with Gasteiger partial charge < -0.3 is 10.0 Å². The van der Waals surface area contributed by atoms with Crippen LogP contribution in [0.2, 0.25) is 0 Å². The number of β-amino-alcohol motifs (C(OH)–C–C–N with tert-alkyl or cyclic N) is 1. The van der Waals surface area contributed by atoms with Crippen molar-refractivity contribution in [1.82, 2.24) is 9.80 Å². The van der Waals surface area contributed by atoms with Crippen LogP contribution < -0.4 is 0 Å². The topological polar surface area (TPSA) is 26.7 Å². The molecule has 0 radical (unpaired) electrons. The van der Waals surface area contributed by atoms with Gasteiger partial charge in [-0.15, -0.1) is 0 Å². The Hall–Kier alpha value is -0.120. The van der Waals surface area contributed by atoms with Crippen molar-refractivity contribution < 1.29 is 5.11 Å². The first-order valence-corrected chi connectivity index (χ1v) is 7.28. The summed E-state index contributed by atoms with van der Waals surface area (Å²) >= 11 is 0. The highest BCUT2D eigenvalue weighted by atomic mass is 16.3. The number of hydrogen-bond donors (Lipinski definition) is 1. The molecule has 0 unspecified atom stereocenters. The van der Waals surface area contributed by atoms with Gasteiger partial charge in [0.25, 0.3) is 0 Å². The van der Waals surface area contributed by atoms with Gasteiger partial charge >= 0.3 is 0 Å². The van der Waals surface area contributed by atoms with Crippen LogP contribution in [0.4, 0.5) is 0 Å². The highest BCUT2D eigenvalue weighted by molar-refractivity contribution is 4.95. The van der Waals surface area contributed by atoms with Crippen molar-refractivity contribution in [3.8, 4) is 0 Å². The van der Waals surface area contributed by atoms with E-state index in [1.807, 2.05) is 0 Å². The van der Waals surface area contributed by atoms with Crippen molar-refractivity contribution in [2.75, 3.05) is 39.8 Å². The zero-order valence-electron chi connectivity index (χ0n) is 11.1. The SMILES string of the molecule is CN1C[C@@H]2CN(CC3(O)CCCCC3)C[C@@H]2C1. The molecule has 2 aliphatic heterocycles. The van der Waals surface area contributed by atoms with Gasteiger partial charge in [0.1, 0.15) is 0 Å². The van der Waals surface area contributed by atoms with Crippen LogP contribution in [0.3, 0.4) is 0 Å². The Bertz CT molecular complexity index is 261.